The SMILES string of the molecule is CNc1ccccc1CNC1=Nc2ccccc2NC12CCNCC2. The fourth-order valence-corrected chi connectivity index (χ4v) is 3.74. The Kier molecular flexibility index (Phi) is 4.32. The number of nitrogens with zero attached hydrogens (tertiary/aromatic N) is 1. The van der Waals surface area contributed by atoms with Gasteiger partial charge in [-0.25, -0.2) is 4.99 Å². The monoisotopic (exact) mass is 335 g/mol. The van der Waals surface area contributed by atoms with Crippen LogP contribution in [0.5, 0.6) is 0 Å². The van der Waals surface area contributed by atoms with Crippen molar-refractivity contribution in [3.63, 3.8) is 0 Å². The van der Waals surface area contributed by atoms with Crippen LogP contribution in [0.25, 0.3) is 0 Å². The number of para-hydroxylation sites is 3. The van der Waals surface area contributed by atoms with Crippen molar-refractivity contribution in [3.05, 3.63) is 54.1 Å². The Morgan fingerprint density at radius 3 is 2.64 bits per heavy atom. The minimum Gasteiger partial charge on any atom is -0.388 e. The molecule has 5 nitrogen and oxygen atoms in total. The van der Waals surface area contributed by atoms with Gasteiger partial charge in [0.25, 0.3) is 0 Å². The van der Waals surface area contributed by atoms with E-state index >= 15 is 0 Å². The summed E-state index contributed by atoms with van der Waals surface area (Å²) >= 11 is 0. The molecule has 2 aliphatic rings. The van der Waals surface area contributed by atoms with Crippen LogP contribution < -0.4 is 21.3 Å². The van der Waals surface area contributed by atoms with Gasteiger partial charge in [0.05, 0.1) is 16.9 Å². The van der Waals surface area contributed by atoms with E-state index in [0.29, 0.717) is 0 Å². The highest BCUT2D eigenvalue weighted by molar-refractivity contribution is 6.00. The average molecular weight is 335 g/mol. The molecule has 4 rings (SSSR count). The number of piperidine rings is 1. The second-order valence-corrected chi connectivity index (χ2v) is 6.70. The molecule has 1 fully saturated rings. The highest BCUT2D eigenvalue weighted by Gasteiger charge is 2.40. The number of anilines is 2. The second kappa shape index (κ2) is 6.76. The Morgan fingerprint density at radius 2 is 1.80 bits per heavy atom. The zero-order valence-electron chi connectivity index (χ0n) is 14.6. The highest BCUT2D eigenvalue weighted by Crippen LogP contribution is 2.36. The molecule has 2 aliphatic heterocycles. The Bertz CT molecular complexity index is 777. The van der Waals surface area contributed by atoms with Crippen molar-refractivity contribution in [1.82, 2.24) is 10.6 Å². The standard InChI is InChI=1S/C20H25N5/c1-21-16-7-3-2-6-15(16)14-23-19-20(10-12-22-13-11-20)25-18-9-5-4-8-17(18)24-19/h2-9,21-22,25H,10-14H2,1H3,(H,23,24). The molecule has 1 spiro atoms. The molecule has 2 aromatic carbocycles. The summed E-state index contributed by atoms with van der Waals surface area (Å²) in [6, 6.07) is 16.7. The first kappa shape index (κ1) is 16.0. The first-order chi connectivity index (χ1) is 12.3. The molecule has 0 aromatic heterocycles. The minimum absolute atomic E-state index is 0.103. The van der Waals surface area contributed by atoms with Crippen LogP contribution in [0.2, 0.25) is 0 Å². The average Bonchev–Trinajstić information content (AvgIpc) is 2.67. The number of hydrogen-bond acceptors (Lipinski definition) is 5. The van der Waals surface area contributed by atoms with E-state index in [0.717, 1.165) is 55.4 Å². The lowest BCUT2D eigenvalue weighted by molar-refractivity contribution is 0.412. The maximum absolute atomic E-state index is 4.99. The summed E-state index contributed by atoms with van der Waals surface area (Å²) in [5.74, 6) is 1.05. The smallest absolute Gasteiger partial charge is 0.128 e. The molecule has 0 bridgehead atoms. The van der Waals surface area contributed by atoms with Gasteiger partial charge in [-0.3, -0.25) is 0 Å². The predicted molar refractivity (Wildman–Crippen MR) is 105 cm³/mol. The number of rotatable bonds is 3. The molecule has 2 heterocycles. The van der Waals surface area contributed by atoms with Crippen LogP contribution in [0, 0.1) is 0 Å². The van der Waals surface area contributed by atoms with Gasteiger partial charge in [-0.15, -0.1) is 0 Å². The molecule has 0 saturated carbocycles. The van der Waals surface area contributed by atoms with E-state index in [9.17, 15) is 0 Å². The van der Waals surface area contributed by atoms with Gasteiger partial charge in [-0.1, -0.05) is 30.3 Å². The lowest BCUT2D eigenvalue weighted by Crippen LogP contribution is -2.58. The van der Waals surface area contributed by atoms with E-state index in [2.05, 4.69) is 63.7 Å². The van der Waals surface area contributed by atoms with Gasteiger partial charge in [-0.05, 0) is 49.7 Å². The summed E-state index contributed by atoms with van der Waals surface area (Å²) in [7, 11) is 1.96. The summed E-state index contributed by atoms with van der Waals surface area (Å²) in [6.45, 7) is 2.76. The summed E-state index contributed by atoms with van der Waals surface area (Å²) in [5.41, 5.74) is 4.44. The number of aliphatic imine (C=N–C) groups is 1. The molecule has 0 unspecified atom stereocenters. The van der Waals surface area contributed by atoms with Gasteiger partial charge in [0.1, 0.15) is 5.84 Å². The molecule has 0 atom stereocenters. The first-order valence-electron chi connectivity index (χ1n) is 8.97. The zero-order chi connectivity index (χ0) is 17.1. The van der Waals surface area contributed by atoms with Crippen LogP contribution in [0.4, 0.5) is 17.1 Å². The van der Waals surface area contributed by atoms with Crippen molar-refractivity contribution >= 4 is 22.9 Å². The number of amidine groups is 1. The van der Waals surface area contributed by atoms with E-state index in [1.54, 1.807) is 0 Å². The fraction of sp³-hybridized carbons (Fsp3) is 0.350. The van der Waals surface area contributed by atoms with Crippen molar-refractivity contribution < 1.29 is 0 Å². The lowest BCUT2D eigenvalue weighted by atomic mass is 9.85. The predicted octanol–water partition coefficient (Wildman–Crippen LogP) is 3.10. The highest BCUT2D eigenvalue weighted by atomic mass is 15.2. The normalized spacial score (nSPS) is 18.0. The first-order valence-corrected chi connectivity index (χ1v) is 8.97. The maximum atomic E-state index is 4.99. The fourth-order valence-electron chi connectivity index (χ4n) is 3.74. The van der Waals surface area contributed by atoms with Gasteiger partial charge in [0.15, 0.2) is 0 Å². The molecule has 2 aromatic rings. The molecule has 0 aliphatic carbocycles. The van der Waals surface area contributed by atoms with Gasteiger partial charge in [0, 0.05) is 19.3 Å². The third kappa shape index (κ3) is 3.07. The second-order valence-electron chi connectivity index (χ2n) is 6.70. The van der Waals surface area contributed by atoms with E-state index in [1.165, 1.54) is 5.56 Å². The van der Waals surface area contributed by atoms with Crippen LogP contribution in [-0.2, 0) is 6.54 Å². The molecule has 25 heavy (non-hydrogen) atoms. The van der Waals surface area contributed by atoms with E-state index in [1.807, 2.05) is 13.1 Å². The van der Waals surface area contributed by atoms with Crippen LogP contribution in [-0.4, -0.2) is 31.5 Å². The molecule has 0 radical (unpaired) electrons. The summed E-state index contributed by atoms with van der Waals surface area (Å²) in [5, 5.41) is 14.1. The third-order valence-electron chi connectivity index (χ3n) is 5.15. The summed E-state index contributed by atoms with van der Waals surface area (Å²) in [6.07, 6.45) is 2.06. The minimum atomic E-state index is -0.103. The molecular weight excluding hydrogens is 310 g/mol. The van der Waals surface area contributed by atoms with Crippen molar-refractivity contribution in [2.45, 2.75) is 24.9 Å². The molecular formula is C20H25N5. The molecule has 130 valence electrons. The topological polar surface area (TPSA) is 60.5 Å². The third-order valence-corrected chi connectivity index (χ3v) is 5.15. The van der Waals surface area contributed by atoms with E-state index < -0.39 is 0 Å². The Hall–Kier alpha value is -2.53. The van der Waals surface area contributed by atoms with Gasteiger partial charge in [0.2, 0.25) is 0 Å². The van der Waals surface area contributed by atoms with Crippen molar-refractivity contribution in [1.29, 1.82) is 0 Å². The van der Waals surface area contributed by atoms with Gasteiger partial charge in [-0.2, -0.15) is 0 Å². The number of fused-ring (bicyclic) bond motifs is 1. The molecule has 0 amide bonds. The maximum Gasteiger partial charge on any atom is 0.128 e. The molecule has 1 saturated heterocycles. The van der Waals surface area contributed by atoms with Crippen molar-refractivity contribution in [2.75, 3.05) is 30.8 Å². The summed E-state index contributed by atoms with van der Waals surface area (Å²) < 4.78 is 0. The Labute approximate surface area is 148 Å². The molecule has 4 N–H and O–H groups in total. The van der Waals surface area contributed by atoms with Crippen LogP contribution in [0.3, 0.4) is 0 Å². The Morgan fingerprint density at radius 1 is 1.04 bits per heavy atom. The number of benzene rings is 2. The quantitative estimate of drug-likeness (QED) is 0.696. The van der Waals surface area contributed by atoms with Gasteiger partial charge < -0.3 is 21.3 Å². The number of hydrogen-bond donors (Lipinski definition) is 4. The van der Waals surface area contributed by atoms with Gasteiger partial charge >= 0.3 is 0 Å². The zero-order valence-corrected chi connectivity index (χ0v) is 14.6. The van der Waals surface area contributed by atoms with Crippen molar-refractivity contribution in [3.8, 4) is 0 Å². The lowest BCUT2D eigenvalue weighted by Gasteiger charge is -2.43. The van der Waals surface area contributed by atoms with Crippen molar-refractivity contribution in [2.24, 2.45) is 4.99 Å². The van der Waals surface area contributed by atoms with Crippen LogP contribution in [0.1, 0.15) is 18.4 Å². The number of nitrogens with one attached hydrogen (secondary N) is 4. The molecule has 5 heteroatoms. The summed E-state index contributed by atoms with van der Waals surface area (Å²) in [4.78, 5) is 4.99. The Balaban J connectivity index is 1.63. The van der Waals surface area contributed by atoms with Crippen LogP contribution in [0.15, 0.2) is 53.5 Å². The van der Waals surface area contributed by atoms with Crippen LogP contribution >= 0.6 is 0 Å². The largest absolute Gasteiger partial charge is 0.388 e. The van der Waals surface area contributed by atoms with E-state index in [-0.39, 0.29) is 5.54 Å². The van der Waals surface area contributed by atoms with E-state index in [4.69, 9.17) is 4.99 Å².